The van der Waals surface area contributed by atoms with E-state index in [1.54, 1.807) is 0 Å². The van der Waals surface area contributed by atoms with Gasteiger partial charge in [0.25, 0.3) is 0 Å². The highest BCUT2D eigenvalue weighted by Crippen LogP contribution is 2.33. The molecule has 0 spiro atoms. The maximum Gasteiger partial charge on any atom is 0.0471 e. The molecule has 0 aromatic rings. The van der Waals surface area contributed by atoms with Crippen molar-refractivity contribution in [3.63, 3.8) is 0 Å². The van der Waals surface area contributed by atoms with E-state index < -0.39 is 0 Å². The van der Waals surface area contributed by atoms with Gasteiger partial charge < -0.3 is 10.4 Å². The first kappa shape index (κ1) is 11.0. The summed E-state index contributed by atoms with van der Waals surface area (Å²) in [5.74, 6) is 1.35. The van der Waals surface area contributed by atoms with Gasteiger partial charge in [0, 0.05) is 18.7 Å². The summed E-state index contributed by atoms with van der Waals surface area (Å²) in [6, 6.07) is 1.04. The summed E-state index contributed by atoms with van der Waals surface area (Å²) < 4.78 is 0. The largest absolute Gasteiger partial charge is 0.396 e. The number of aliphatic hydroxyl groups is 1. The van der Waals surface area contributed by atoms with Crippen LogP contribution in [0.2, 0.25) is 0 Å². The van der Waals surface area contributed by atoms with Crippen LogP contribution in [0.5, 0.6) is 0 Å². The monoisotopic (exact) mass is 185 g/mol. The van der Waals surface area contributed by atoms with Gasteiger partial charge in [0.05, 0.1) is 0 Å². The van der Waals surface area contributed by atoms with Gasteiger partial charge in [-0.15, -0.1) is 0 Å². The zero-order valence-electron chi connectivity index (χ0n) is 9.09. The van der Waals surface area contributed by atoms with Crippen LogP contribution < -0.4 is 5.32 Å². The van der Waals surface area contributed by atoms with Gasteiger partial charge >= 0.3 is 0 Å². The highest BCUT2D eigenvalue weighted by Gasteiger charge is 2.24. The van der Waals surface area contributed by atoms with Crippen LogP contribution in [-0.4, -0.2) is 23.8 Å². The predicted octanol–water partition coefficient (Wildman–Crippen LogP) is 1.78. The second-order valence-electron chi connectivity index (χ2n) is 4.70. The molecule has 0 amide bonds. The lowest BCUT2D eigenvalue weighted by Gasteiger charge is -2.23. The van der Waals surface area contributed by atoms with Gasteiger partial charge in [0.15, 0.2) is 0 Å². The lowest BCUT2D eigenvalue weighted by Crippen LogP contribution is -2.39. The summed E-state index contributed by atoms with van der Waals surface area (Å²) >= 11 is 0. The molecule has 3 unspecified atom stereocenters. The minimum Gasteiger partial charge on any atom is -0.396 e. The fourth-order valence-corrected chi connectivity index (χ4v) is 1.69. The molecule has 78 valence electrons. The molecule has 3 atom stereocenters. The van der Waals surface area contributed by atoms with E-state index in [1.807, 2.05) is 0 Å². The van der Waals surface area contributed by atoms with Crippen molar-refractivity contribution in [3.05, 3.63) is 0 Å². The molecule has 1 aliphatic rings. The number of hydrogen-bond donors (Lipinski definition) is 2. The van der Waals surface area contributed by atoms with E-state index in [0.29, 0.717) is 18.0 Å². The molecule has 2 N–H and O–H groups in total. The normalized spacial score (nSPS) is 24.0. The smallest absolute Gasteiger partial charge is 0.0471 e. The standard InChI is InChI=1S/C11H23NO/c1-8(7-13)10(3)12-9(2)6-11-4-5-11/h8-13H,4-7H2,1-3H3. The molecular weight excluding hydrogens is 162 g/mol. The summed E-state index contributed by atoms with van der Waals surface area (Å²) in [6.07, 6.45) is 4.16. The van der Waals surface area contributed by atoms with Crippen molar-refractivity contribution >= 4 is 0 Å². The third-order valence-electron chi connectivity index (χ3n) is 3.07. The van der Waals surface area contributed by atoms with E-state index in [4.69, 9.17) is 5.11 Å². The molecule has 2 heteroatoms. The molecule has 13 heavy (non-hydrogen) atoms. The first-order chi connectivity index (χ1) is 6.13. The molecule has 1 fully saturated rings. The highest BCUT2D eigenvalue weighted by molar-refractivity contribution is 4.80. The van der Waals surface area contributed by atoms with Gasteiger partial charge in [-0.3, -0.25) is 0 Å². The third-order valence-corrected chi connectivity index (χ3v) is 3.07. The Morgan fingerprint density at radius 3 is 2.38 bits per heavy atom. The van der Waals surface area contributed by atoms with Gasteiger partial charge in [-0.25, -0.2) is 0 Å². The molecule has 0 saturated heterocycles. The maximum absolute atomic E-state index is 8.97. The van der Waals surface area contributed by atoms with Crippen LogP contribution in [0, 0.1) is 11.8 Å². The average Bonchev–Trinajstić information content (AvgIpc) is 2.86. The quantitative estimate of drug-likeness (QED) is 0.661. The summed E-state index contributed by atoms with van der Waals surface area (Å²) in [7, 11) is 0. The van der Waals surface area contributed by atoms with Crippen molar-refractivity contribution in [2.75, 3.05) is 6.61 Å². The maximum atomic E-state index is 8.97. The summed E-state index contributed by atoms with van der Waals surface area (Å²) in [5.41, 5.74) is 0. The van der Waals surface area contributed by atoms with Gasteiger partial charge in [0.1, 0.15) is 0 Å². The van der Waals surface area contributed by atoms with Crippen molar-refractivity contribution in [1.82, 2.24) is 5.32 Å². The Kier molecular flexibility index (Phi) is 4.20. The summed E-state index contributed by atoms with van der Waals surface area (Å²) in [5, 5.41) is 12.5. The minimum atomic E-state index is 0.282. The average molecular weight is 185 g/mol. The SMILES string of the molecule is CC(CC1CC1)NC(C)C(C)CO. The zero-order chi connectivity index (χ0) is 9.84. The van der Waals surface area contributed by atoms with Crippen LogP contribution in [0.25, 0.3) is 0 Å². The predicted molar refractivity (Wildman–Crippen MR) is 55.7 cm³/mol. The zero-order valence-corrected chi connectivity index (χ0v) is 9.09. The summed E-state index contributed by atoms with van der Waals surface area (Å²) in [6.45, 7) is 6.77. The molecule has 1 rings (SSSR count). The van der Waals surface area contributed by atoms with Crippen molar-refractivity contribution in [2.24, 2.45) is 11.8 Å². The molecule has 0 aromatic carbocycles. The first-order valence-corrected chi connectivity index (χ1v) is 5.50. The Balaban J connectivity index is 2.13. The Morgan fingerprint density at radius 2 is 1.92 bits per heavy atom. The molecule has 0 bridgehead atoms. The Hall–Kier alpha value is -0.0800. The summed E-state index contributed by atoms with van der Waals surface area (Å²) in [4.78, 5) is 0. The van der Waals surface area contributed by atoms with Crippen molar-refractivity contribution in [1.29, 1.82) is 0 Å². The molecule has 0 heterocycles. The molecule has 2 nitrogen and oxygen atoms in total. The molecule has 1 saturated carbocycles. The van der Waals surface area contributed by atoms with Crippen LogP contribution in [0.1, 0.15) is 40.0 Å². The van der Waals surface area contributed by atoms with E-state index in [2.05, 4.69) is 26.1 Å². The fraction of sp³-hybridized carbons (Fsp3) is 1.00. The first-order valence-electron chi connectivity index (χ1n) is 5.50. The molecular formula is C11H23NO. The lowest BCUT2D eigenvalue weighted by molar-refractivity contribution is 0.200. The Bertz CT molecular complexity index is 145. The van der Waals surface area contributed by atoms with Crippen LogP contribution in [0.15, 0.2) is 0 Å². The van der Waals surface area contributed by atoms with E-state index >= 15 is 0 Å². The van der Waals surface area contributed by atoms with Gasteiger partial charge in [-0.2, -0.15) is 0 Å². The molecule has 1 aliphatic carbocycles. The van der Waals surface area contributed by atoms with Crippen molar-refractivity contribution in [3.8, 4) is 0 Å². The van der Waals surface area contributed by atoms with Gasteiger partial charge in [-0.1, -0.05) is 19.8 Å². The molecule has 0 aliphatic heterocycles. The topological polar surface area (TPSA) is 32.3 Å². The number of nitrogens with one attached hydrogen (secondary N) is 1. The van der Waals surface area contributed by atoms with Crippen LogP contribution >= 0.6 is 0 Å². The molecule has 0 aromatic heterocycles. The van der Waals surface area contributed by atoms with Gasteiger partial charge in [-0.05, 0) is 32.1 Å². The molecule has 0 radical (unpaired) electrons. The lowest BCUT2D eigenvalue weighted by atomic mass is 10.0. The van der Waals surface area contributed by atoms with Crippen molar-refractivity contribution < 1.29 is 5.11 Å². The van der Waals surface area contributed by atoms with E-state index in [1.165, 1.54) is 19.3 Å². The number of aliphatic hydroxyl groups excluding tert-OH is 1. The van der Waals surface area contributed by atoms with Crippen molar-refractivity contribution in [2.45, 2.75) is 52.1 Å². The van der Waals surface area contributed by atoms with Crippen LogP contribution in [0.4, 0.5) is 0 Å². The minimum absolute atomic E-state index is 0.282. The number of rotatable bonds is 6. The van der Waals surface area contributed by atoms with E-state index in [0.717, 1.165) is 5.92 Å². The second kappa shape index (κ2) is 4.97. The highest BCUT2D eigenvalue weighted by atomic mass is 16.3. The van der Waals surface area contributed by atoms with Crippen LogP contribution in [-0.2, 0) is 0 Å². The second-order valence-corrected chi connectivity index (χ2v) is 4.70. The van der Waals surface area contributed by atoms with E-state index in [-0.39, 0.29) is 6.61 Å². The van der Waals surface area contributed by atoms with Crippen LogP contribution in [0.3, 0.4) is 0 Å². The van der Waals surface area contributed by atoms with Gasteiger partial charge in [0.2, 0.25) is 0 Å². The third kappa shape index (κ3) is 4.10. The Morgan fingerprint density at radius 1 is 1.31 bits per heavy atom. The Labute approximate surface area is 81.7 Å². The van der Waals surface area contributed by atoms with E-state index in [9.17, 15) is 0 Å². The number of hydrogen-bond acceptors (Lipinski definition) is 2. The fourth-order valence-electron chi connectivity index (χ4n) is 1.69.